The summed E-state index contributed by atoms with van der Waals surface area (Å²) in [6.07, 6.45) is -2.38. The van der Waals surface area contributed by atoms with Crippen molar-refractivity contribution in [1.29, 1.82) is 0 Å². The first kappa shape index (κ1) is 22.1. The van der Waals surface area contributed by atoms with E-state index in [2.05, 4.69) is 20.5 Å². The summed E-state index contributed by atoms with van der Waals surface area (Å²) in [7, 11) is 0. The second-order valence-corrected chi connectivity index (χ2v) is 8.42. The fourth-order valence-corrected chi connectivity index (χ4v) is 2.96. The lowest BCUT2D eigenvalue weighted by Gasteiger charge is -2.19. The van der Waals surface area contributed by atoms with Gasteiger partial charge in [0.25, 0.3) is 5.91 Å². The molecule has 0 aromatic carbocycles. The monoisotopic (exact) mass is 442 g/mol. The molecule has 0 unspecified atom stereocenters. The Morgan fingerprint density at radius 2 is 1.90 bits per heavy atom. The van der Waals surface area contributed by atoms with Gasteiger partial charge >= 0.3 is 6.18 Å². The molecule has 3 aromatic rings. The van der Waals surface area contributed by atoms with Crippen LogP contribution in [0.1, 0.15) is 54.8 Å². The quantitative estimate of drug-likeness (QED) is 0.605. The number of rotatable bonds is 5. The van der Waals surface area contributed by atoms with E-state index in [1.165, 1.54) is 6.07 Å². The molecule has 0 fully saturated rings. The van der Waals surface area contributed by atoms with E-state index in [1.807, 2.05) is 0 Å². The molecule has 0 atom stereocenters. The molecule has 0 radical (unpaired) electrons. The number of hydrogen-bond acceptors (Lipinski definition) is 4. The molecule has 0 saturated heterocycles. The van der Waals surface area contributed by atoms with Gasteiger partial charge in [-0.25, -0.2) is 9.50 Å². The molecule has 162 valence electrons. The zero-order valence-corrected chi connectivity index (χ0v) is 17.8. The number of alkyl halides is 3. The standard InChI is InChI=1S/C19H22ClF3N6O/c1-11-12(20)10-28(26-11)7-5-6-24-17(30)13-8-16-25-14(18(2,3)4)9-15(19(21,22)23)29(16)27-13/h8-10H,5-7H2,1-4H3,(H,24,30). The van der Waals surface area contributed by atoms with Crippen LogP contribution < -0.4 is 5.32 Å². The maximum atomic E-state index is 13.5. The predicted molar refractivity (Wildman–Crippen MR) is 106 cm³/mol. The van der Waals surface area contributed by atoms with Gasteiger partial charge in [0, 0.05) is 30.8 Å². The Morgan fingerprint density at radius 3 is 2.47 bits per heavy atom. The van der Waals surface area contributed by atoms with Gasteiger partial charge in [0.15, 0.2) is 11.3 Å². The first-order chi connectivity index (χ1) is 13.9. The van der Waals surface area contributed by atoms with E-state index in [4.69, 9.17) is 11.6 Å². The predicted octanol–water partition coefficient (Wildman–Crippen LogP) is 4.02. The maximum absolute atomic E-state index is 13.5. The topological polar surface area (TPSA) is 77.1 Å². The van der Waals surface area contributed by atoms with Crippen molar-refractivity contribution in [2.24, 2.45) is 0 Å². The van der Waals surface area contributed by atoms with Crippen LogP contribution in [0.4, 0.5) is 13.2 Å². The van der Waals surface area contributed by atoms with Crippen molar-refractivity contribution >= 4 is 23.2 Å². The highest BCUT2D eigenvalue weighted by Gasteiger charge is 2.36. The van der Waals surface area contributed by atoms with Crippen LogP contribution in [-0.2, 0) is 18.1 Å². The van der Waals surface area contributed by atoms with Crippen LogP contribution in [0.25, 0.3) is 5.65 Å². The SMILES string of the molecule is Cc1nn(CCCNC(=O)c2cc3nc(C(C)(C)C)cc(C(F)(F)F)n3n2)cc1Cl. The van der Waals surface area contributed by atoms with Crippen molar-refractivity contribution in [3.63, 3.8) is 0 Å². The number of halogens is 4. The van der Waals surface area contributed by atoms with Gasteiger partial charge in [-0.3, -0.25) is 9.48 Å². The molecule has 3 aromatic heterocycles. The van der Waals surface area contributed by atoms with Crippen LogP contribution in [0.15, 0.2) is 18.3 Å². The van der Waals surface area contributed by atoms with E-state index in [9.17, 15) is 18.0 Å². The lowest BCUT2D eigenvalue weighted by Crippen LogP contribution is -2.26. The minimum Gasteiger partial charge on any atom is -0.351 e. The number of fused-ring (bicyclic) bond motifs is 1. The zero-order chi connectivity index (χ0) is 22.3. The van der Waals surface area contributed by atoms with Crippen molar-refractivity contribution in [3.05, 3.63) is 46.1 Å². The van der Waals surface area contributed by atoms with Crippen LogP contribution in [0.5, 0.6) is 0 Å². The smallest absolute Gasteiger partial charge is 0.351 e. The molecule has 30 heavy (non-hydrogen) atoms. The number of hydrogen-bond donors (Lipinski definition) is 1. The van der Waals surface area contributed by atoms with Gasteiger partial charge in [-0.15, -0.1) is 0 Å². The van der Waals surface area contributed by atoms with Crippen LogP contribution in [0.3, 0.4) is 0 Å². The van der Waals surface area contributed by atoms with Gasteiger partial charge in [0.2, 0.25) is 0 Å². The lowest BCUT2D eigenvalue weighted by molar-refractivity contribution is -0.142. The molecule has 3 rings (SSSR count). The molecule has 1 N–H and O–H groups in total. The number of aromatic nitrogens is 5. The highest BCUT2D eigenvalue weighted by atomic mass is 35.5. The van der Waals surface area contributed by atoms with Crippen LogP contribution in [-0.4, -0.2) is 36.8 Å². The third-order valence-corrected chi connectivity index (χ3v) is 4.83. The van der Waals surface area contributed by atoms with E-state index in [1.54, 1.807) is 38.6 Å². The van der Waals surface area contributed by atoms with Crippen molar-refractivity contribution in [3.8, 4) is 0 Å². The number of carbonyl (C=O) groups is 1. The molecular weight excluding hydrogens is 421 g/mol. The highest BCUT2D eigenvalue weighted by Crippen LogP contribution is 2.32. The van der Waals surface area contributed by atoms with E-state index >= 15 is 0 Å². The van der Waals surface area contributed by atoms with Crippen molar-refractivity contribution in [1.82, 2.24) is 29.7 Å². The van der Waals surface area contributed by atoms with Crippen molar-refractivity contribution in [2.75, 3.05) is 6.54 Å². The summed E-state index contributed by atoms with van der Waals surface area (Å²) in [6, 6.07) is 2.23. The number of amides is 1. The molecule has 0 aliphatic rings. The van der Waals surface area contributed by atoms with Gasteiger partial charge in [-0.05, 0) is 19.4 Å². The normalized spacial score (nSPS) is 12.5. The first-order valence-corrected chi connectivity index (χ1v) is 9.70. The molecule has 3 heterocycles. The fraction of sp³-hybridized carbons (Fsp3) is 0.474. The number of nitrogens with one attached hydrogen (secondary N) is 1. The largest absolute Gasteiger partial charge is 0.433 e. The Labute approximate surface area is 176 Å². The number of nitrogens with zero attached hydrogens (tertiary/aromatic N) is 5. The Bertz CT molecular complexity index is 1060. The van der Waals surface area contributed by atoms with E-state index in [0.717, 1.165) is 6.07 Å². The molecule has 0 bridgehead atoms. The summed E-state index contributed by atoms with van der Waals surface area (Å²) >= 11 is 5.95. The van der Waals surface area contributed by atoms with Gasteiger partial charge in [-0.1, -0.05) is 32.4 Å². The second-order valence-electron chi connectivity index (χ2n) is 8.01. The first-order valence-electron chi connectivity index (χ1n) is 9.32. The Morgan fingerprint density at radius 1 is 1.20 bits per heavy atom. The van der Waals surface area contributed by atoms with Crippen LogP contribution >= 0.6 is 11.6 Å². The molecule has 0 aliphatic carbocycles. The minimum atomic E-state index is -4.63. The van der Waals surface area contributed by atoms with Gasteiger partial charge in [-0.2, -0.15) is 23.4 Å². The molecule has 11 heteroatoms. The molecule has 0 saturated carbocycles. The second kappa shape index (κ2) is 7.90. The van der Waals surface area contributed by atoms with Gasteiger partial charge in [0.05, 0.1) is 16.4 Å². The molecular formula is C19H22ClF3N6O. The van der Waals surface area contributed by atoms with Crippen LogP contribution in [0, 0.1) is 6.92 Å². The third kappa shape index (κ3) is 4.75. The summed E-state index contributed by atoms with van der Waals surface area (Å²) in [5, 5.41) is 11.3. The average molecular weight is 443 g/mol. The maximum Gasteiger partial charge on any atom is 0.433 e. The van der Waals surface area contributed by atoms with Gasteiger partial charge < -0.3 is 5.32 Å². The summed E-state index contributed by atoms with van der Waals surface area (Å²) < 4.78 is 42.9. The fourth-order valence-electron chi connectivity index (χ4n) is 2.81. The van der Waals surface area contributed by atoms with Crippen LogP contribution in [0.2, 0.25) is 5.02 Å². The Hall–Kier alpha value is -2.62. The van der Waals surface area contributed by atoms with E-state index in [-0.39, 0.29) is 17.0 Å². The van der Waals surface area contributed by atoms with E-state index < -0.39 is 23.2 Å². The number of carbonyl (C=O) groups excluding carboxylic acids is 1. The minimum absolute atomic E-state index is 0.0263. The third-order valence-electron chi connectivity index (χ3n) is 4.45. The molecule has 7 nitrogen and oxygen atoms in total. The molecule has 0 aliphatic heterocycles. The summed E-state index contributed by atoms with van der Waals surface area (Å²) in [6.45, 7) is 7.93. The van der Waals surface area contributed by atoms with Gasteiger partial charge in [0.1, 0.15) is 5.69 Å². The summed E-state index contributed by atoms with van der Waals surface area (Å²) in [5.41, 5.74) is -0.737. The number of aryl methyl sites for hydroxylation is 2. The average Bonchev–Trinajstić information content (AvgIpc) is 3.19. The highest BCUT2D eigenvalue weighted by molar-refractivity contribution is 6.31. The van der Waals surface area contributed by atoms with Crippen molar-refractivity contribution in [2.45, 2.75) is 52.3 Å². The summed E-state index contributed by atoms with van der Waals surface area (Å²) in [5.74, 6) is -0.569. The lowest BCUT2D eigenvalue weighted by atomic mass is 9.91. The van der Waals surface area contributed by atoms with E-state index in [0.29, 0.717) is 34.7 Å². The molecule has 0 spiro atoms. The Balaban J connectivity index is 1.76. The Kier molecular flexibility index (Phi) is 5.81. The van der Waals surface area contributed by atoms with Crippen molar-refractivity contribution < 1.29 is 18.0 Å². The zero-order valence-electron chi connectivity index (χ0n) is 17.0. The molecule has 1 amide bonds. The summed E-state index contributed by atoms with van der Waals surface area (Å²) in [4.78, 5) is 16.7.